The lowest BCUT2D eigenvalue weighted by Gasteiger charge is -2.05. The standard InChI is InChI=1S/C15H13N3O2S/c1-9-2-4-10(5-3-9)16-14(20)18-15-17-12-7-6-11(19)8-13(12)21-15/h2-8,19H,1H3,(H2,16,17,18,20). The molecule has 106 valence electrons. The molecule has 2 aromatic carbocycles. The highest BCUT2D eigenvalue weighted by atomic mass is 32.1. The van der Waals surface area contributed by atoms with Gasteiger partial charge in [0.2, 0.25) is 0 Å². The van der Waals surface area contributed by atoms with Crippen LogP contribution in [0.4, 0.5) is 15.6 Å². The number of hydrogen-bond acceptors (Lipinski definition) is 4. The van der Waals surface area contributed by atoms with Crippen molar-refractivity contribution in [3.05, 3.63) is 48.0 Å². The van der Waals surface area contributed by atoms with Gasteiger partial charge in [-0.2, -0.15) is 0 Å². The molecule has 0 atom stereocenters. The smallest absolute Gasteiger partial charge is 0.325 e. The Bertz CT molecular complexity index is 796. The Labute approximate surface area is 125 Å². The zero-order chi connectivity index (χ0) is 14.8. The fourth-order valence-corrected chi connectivity index (χ4v) is 2.76. The Hall–Kier alpha value is -2.60. The zero-order valence-electron chi connectivity index (χ0n) is 11.3. The van der Waals surface area contributed by atoms with Crippen molar-refractivity contribution in [1.82, 2.24) is 4.98 Å². The maximum Gasteiger partial charge on any atom is 0.325 e. The SMILES string of the molecule is Cc1ccc(NC(=O)Nc2nc3ccc(O)cc3s2)cc1. The number of amides is 2. The van der Waals surface area contributed by atoms with Gasteiger partial charge in [0, 0.05) is 5.69 Å². The minimum absolute atomic E-state index is 0.182. The second kappa shape index (κ2) is 5.41. The molecule has 0 unspecified atom stereocenters. The number of aryl methyl sites for hydroxylation is 1. The third-order valence-corrected chi connectivity index (χ3v) is 3.84. The number of aromatic nitrogens is 1. The van der Waals surface area contributed by atoms with Crippen LogP contribution in [0.1, 0.15) is 5.56 Å². The first-order valence-electron chi connectivity index (χ1n) is 6.34. The molecule has 1 heterocycles. The fourth-order valence-electron chi connectivity index (χ4n) is 1.86. The van der Waals surface area contributed by atoms with Crippen LogP contribution in [0.3, 0.4) is 0 Å². The van der Waals surface area contributed by atoms with Crippen LogP contribution in [0.5, 0.6) is 5.75 Å². The monoisotopic (exact) mass is 299 g/mol. The van der Waals surface area contributed by atoms with E-state index in [1.54, 1.807) is 18.2 Å². The van der Waals surface area contributed by atoms with Crippen LogP contribution in [0.2, 0.25) is 0 Å². The molecule has 0 bridgehead atoms. The highest BCUT2D eigenvalue weighted by Gasteiger charge is 2.08. The van der Waals surface area contributed by atoms with Gasteiger partial charge < -0.3 is 10.4 Å². The molecule has 0 saturated carbocycles. The van der Waals surface area contributed by atoms with Crippen LogP contribution in [-0.4, -0.2) is 16.1 Å². The first-order chi connectivity index (χ1) is 10.1. The lowest BCUT2D eigenvalue weighted by atomic mass is 10.2. The summed E-state index contributed by atoms with van der Waals surface area (Å²) in [6.45, 7) is 1.99. The average Bonchev–Trinajstić information content (AvgIpc) is 2.82. The molecular formula is C15H13N3O2S. The minimum Gasteiger partial charge on any atom is -0.508 e. The van der Waals surface area contributed by atoms with E-state index >= 15 is 0 Å². The maximum atomic E-state index is 11.9. The molecule has 0 saturated heterocycles. The van der Waals surface area contributed by atoms with E-state index in [9.17, 15) is 9.90 Å². The van der Waals surface area contributed by atoms with Gasteiger partial charge in [-0.05, 0) is 37.3 Å². The summed E-state index contributed by atoms with van der Waals surface area (Å²) in [4.78, 5) is 16.2. The van der Waals surface area contributed by atoms with Crippen molar-refractivity contribution in [1.29, 1.82) is 0 Å². The van der Waals surface area contributed by atoms with Crippen LogP contribution in [-0.2, 0) is 0 Å². The van der Waals surface area contributed by atoms with Crippen LogP contribution in [0.25, 0.3) is 10.2 Å². The molecule has 0 aliphatic heterocycles. The van der Waals surface area contributed by atoms with Crippen LogP contribution >= 0.6 is 11.3 Å². The molecule has 3 rings (SSSR count). The lowest BCUT2D eigenvalue weighted by molar-refractivity contribution is 0.262. The van der Waals surface area contributed by atoms with E-state index in [2.05, 4.69) is 15.6 Å². The normalized spacial score (nSPS) is 10.5. The van der Waals surface area contributed by atoms with Crippen molar-refractivity contribution in [3.8, 4) is 5.75 Å². The summed E-state index contributed by atoms with van der Waals surface area (Å²) < 4.78 is 0.820. The van der Waals surface area contributed by atoms with E-state index in [0.717, 1.165) is 21.5 Å². The van der Waals surface area contributed by atoms with E-state index < -0.39 is 0 Å². The Balaban J connectivity index is 1.72. The van der Waals surface area contributed by atoms with Gasteiger partial charge in [-0.25, -0.2) is 9.78 Å². The highest BCUT2D eigenvalue weighted by molar-refractivity contribution is 7.22. The number of carbonyl (C=O) groups is 1. The number of rotatable bonds is 2. The molecular weight excluding hydrogens is 286 g/mol. The number of nitrogens with zero attached hydrogens (tertiary/aromatic N) is 1. The van der Waals surface area contributed by atoms with Crippen molar-refractivity contribution in [3.63, 3.8) is 0 Å². The highest BCUT2D eigenvalue weighted by Crippen LogP contribution is 2.28. The van der Waals surface area contributed by atoms with E-state index in [1.165, 1.54) is 11.3 Å². The van der Waals surface area contributed by atoms with E-state index in [-0.39, 0.29) is 11.8 Å². The number of aromatic hydroxyl groups is 1. The molecule has 1 aromatic heterocycles. The van der Waals surface area contributed by atoms with Gasteiger partial charge in [0.1, 0.15) is 5.75 Å². The first kappa shape index (κ1) is 13.4. The van der Waals surface area contributed by atoms with Gasteiger partial charge in [0.05, 0.1) is 10.2 Å². The Morgan fingerprint density at radius 2 is 1.90 bits per heavy atom. The lowest BCUT2D eigenvalue weighted by Crippen LogP contribution is -2.19. The van der Waals surface area contributed by atoms with Crippen LogP contribution in [0.15, 0.2) is 42.5 Å². The van der Waals surface area contributed by atoms with Gasteiger partial charge in [-0.1, -0.05) is 29.0 Å². The van der Waals surface area contributed by atoms with E-state index in [0.29, 0.717) is 5.13 Å². The summed E-state index contributed by atoms with van der Waals surface area (Å²) in [7, 11) is 0. The number of hydrogen-bond donors (Lipinski definition) is 3. The predicted molar refractivity (Wildman–Crippen MR) is 85.1 cm³/mol. The van der Waals surface area contributed by atoms with Gasteiger partial charge in [0.25, 0.3) is 0 Å². The number of urea groups is 1. The second-order valence-electron chi connectivity index (χ2n) is 4.62. The van der Waals surface area contributed by atoms with Crippen molar-refractivity contribution in [2.24, 2.45) is 0 Å². The van der Waals surface area contributed by atoms with Crippen molar-refractivity contribution < 1.29 is 9.90 Å². The van der Waals surface area contributed by atoms with Gasteiger partial charge in [-0.15, -0.1) is 0 Å². The molecule has 6 heteroatoms. The zero-order valence-corrected chi connectivity index (χ0v) is 12.1. The molecule has 0 radical (unpaired) electrons. The van der Waals surface area contributed by atoms with Crippen molar-refractivity contribution in [2.45, 2.75) is 6.92 Å². The molecule has 0 aliphatic carbocycles. The number of anilines is 2. The summed E-state index contributed by atoms with van der Waals surface area (Å²) in [5, 5.41) is 15.3. The van der Waals surface area contributed by atoms with Crippen molar-refractivity contribution in [2.75, 3.05) is 10.6 Å². The maximum absolute atomic E-state index is 11.9. The number of phenols is 1. The summed E-state index contributed by atoms with van der Waals surface area (Å²) in [5.74, 6) is 0.182. The summed E-state index contributed by atoms with van der Waals surface area (Å²) in [6, 6.07) is 12.1. The minimum atomic E-state index is -0.345. The number of benzene rings is 2. The first-order valence-corrected chi connectivity index (χ1v) is 7.16. The summed E-state index contributed by atoms with van der Waals surface area (Å²) >= 11 is 1.31. The van der Waals surface area contributed by atoms with E-state index in [4.69, 9.17) is 0 Å². The average molecular weight is 299 g/mol. The quantitative estimate of drug-likeness (QED) is 0.670. The molecule has 0 spiro atoms. The fraction of sp³-hybridized carbons (Fsp3) is 0.0667. The molecule has 0 aliphatic rings. The van der Waals surface area contributed by atoms with Gasteiger partial charge in [-0.3, -0.25) is 5.32 Å². The number of thiazole rings is 1. The largest absolute Gasteiger partial charge is 0.508 e. The Morgan fingerprint density at radius 3 is 2.67 bits per heavy atom. The van der Waals surface area contributed by atoms with Crippen LogP contribution < -0.4 is 10.6 Å². The molecule has 0 fully saturated rings. The third-order valence-electron chi connectivity index (χ3n) is 2.90. The van der Waals surface area contributed by atoms with Crippen molar-refractivity contribution >= 4 is 38.4 Å². The van der Waals surface area contributed by atoms with Gasteiger partial charge in [0.15, 0.2) is 5.13 Å². The predicted octanol–water partition coefficient (Wildman–Crippen LogP) is 3.95. The summed E-state index contributed by atoms with van der Waals surface area (Å²) in [5.41, 5.74) is 2.59. The number of nitrogens with one attached hydrogen (secondary N) is 2. The number of phenolic OH excluding ortho intramolecular Hbond substituents is 1. The summed E-state index contributed by atoms with van der Waals surface area (Å²) in [6.07, 6.45) is 0. The topological polar surface area (TPSA) is 74.2 Å². The molecule has 2 amide bonds. The number of fused-ring (bicyclic) bond motifs is 1. The Kier molecular flexibility index (Phi) is 3.45. The van der Waals surface area contributed by atoms with Gasteiger partial charge >= 0.3 is 6.03 Å². The second-order valence-corrected chi connectivity index (χ2v) is 5.65. The molecule has 21 heavy (non-hydrogen) atoms. The molecule has 3 aromatic rings. The third kappa shape index (κ3) is 3.11. The van der Waals surface area contributed by atoms with E-state index in [1.807, 2.05) is 31.2 Å². The molecule has 5 nitrogen and oxygen atoms in total. The molecule has 3 N–H and O–H groups in total. The Morgan fingerprint density at radius 1 is 1.14 bits per heavy atom. The number of carbonyl (C=O) groups excluding carboxylic acids is 1. The van der Waals surface area contributed by atoms with Crippen LogP contribution in [0, 0.1) is 6.92 Å².